The molecule has 0 saturated heterocycles. The van der Waals surface area contributed by atoms with Gasteiger partial charge in [0.15, 0.2) is 5.78 Å². The standard InChI is InChI=1S/C13H10BrNO/c14-11-7-4-8-15-13(11)12(16)9-10-5-2-1-3-6-10/h1-8H,9H2. The Kier molecular flexibility index (Phi) is 3.47. The van der Waals surface area contributed by atoms with E-state index in [0.717, 1.165) is 10.0 Å². The molecule has 3 heteroatoms. The lowest BCUT2D eigenvalue weighted by atomic mass is 10.1. The second-order valence-electron chi connectivity index (χ2n) is 3.42. The monoisotopic (exact) mass is 275 g/mol. The SMILES string of the molecule is O=C(Cc1ccccc1)c1ncccc1Br. The first-order valence-electron chi connectivity index (χ1n) is 4.95. The van der Waals surface area contributed by atoms with Gasteiger partial charge >= 0.3 is 0 Å². The maximum Gasteiger partial charge on any atom is 0.186 e. The Labute approximate surface area is 102 Å². The summed E-state index contributed by atoms with van der Waals surface area (Å²) in [7, 11) is 0. The summed E-state index contributed by atoms with van der Waals surface area (Å²) >= 11 is 3.33. The molecule has 1 heterocycles. The predicted octanol–water partition coefficient (Wildman–Crippen LogP) is 3.27. The Morgan fingerprint density at radius 1 is 1.12 bits per heavy atom. The Bertz CT molecular complexity index is 496. The normalized spacial score (nSPS) is 10.1. The molecule has 0 bridgehead atoms. The van der Waals surface area contributed by atoms with Crippen LogP contribution in [0.2, 0.25) is 0 Å². The molecule has 2 nitrogen and oxygen atoms in total. The van der Waals surface area contributed by atoms with Gasteiger partial charge in [-0.15, -0.1) is 0 Å². The van der Waals surface area contributed by atoms with Gasteiger partial charge in [0, 0.05) is 17.1 Å². The van der Waals surface area contributed by atoms with Crippen molar-refractivity contribution in [1.82, 2.24) is 4.98 Å². The van der Waals surface area contributed by atoms with Crippen LogP contribution in [0.25, 0.3) is 0 Å². The number of benzene rings is 1. The Morgan fingerprint density at radius 3 is 2.56 bits per heavy atom. The number of aromatic nitrogens is 1. The minimum atomic E-state index is 0.0266. The molecule has 1 aromatic heterocycles. The maximum absolute atomic E-state index is 11.9. The summed E-state index contributed by atoms with van der Waals surface area (Å²) < 4.78 is 0.746. The zero-order chi connectivity index (χ0) is 11.4. The van der Waals surface area contributed by atoms with E-state index in [1.54, 1.807) is 12.3 Å². The van der Waals surface area contributed by atoms with Crippen LogP contribution >= 0.6 is 15.9 Å². The fourth-order valence-corrected chi connectivity index (χ4v) is 1.93. The summed E-state index contributed by atoms with van der Waals surface area (Å²) in [5.74, 6) is 0.0266. The molecular weight excluding hydrogens is 266 g/mol. The molecule has 0 aliphatic heterocycles. The minimum absolute atomic E-state index is 0.0266. The van der Waals surface area contributed by atoms with E-state index in [4.69, 9.17) is 0 Å². The second-order valence-corrected chi connectivity index (χ2v) is 4.27. The molecule has 0 aliphatic rings. The van der Waals surface area contributed by atoms with E-state index in [9.17, 15) is 4.79 Å². The van der Waals surface area contributed by atoms with Crippen molar-refractivity contribution in [3.63, 3.8) is 0 Å². The van der Waals surface area contributed by atoms with Gasteiger partial charge in [-0.3, -0.25) is 9.78 Å². The Balaban J connectivity index is 2.19. The first kappa shape index (κ1) is 11.0. The summed E-state index contributed by atoms with van der Waals surface area (Å²) in [5, 5.41) is 0. The van der Waals surface area contributed by atoms with Gasteiger partial charge in [-0.05, 0) is 33.6 Å². The van der Waals surface area contributed by atoms with Crippen molar-refractivity contribution >= 4 is 21.7 Å². The number of pyridine rings is 1. The minimum Gasteiger partial charge on any atom is -0.292 e. The fourth-order valence-electron chi connectivity index (χ4n) is 1.46. The van der Waals surface area contributed by atoms with E-state index in [-0.39, 0.29) is 5.78 Å². The van der Waals surface area contributed by atoms with Gasteiger partial charge in [-0.1, -0.05) is 30.3 Å². The average Bonchev–Trinajstić information content (AvgIpc) is 2.31. The van der Waals surface area contributed by atoms with Crippen LogP contribution < -0.4 is 0 Å². The molecule has 1 aromatic carbocycles. The van der Waals surface area contributed by atoms with Gasteiger partial charge in [0.2, 0.25) is 0 Å². The highest BCUT2D eigenvalue weighted by atomic mass is 79.9. The molecule has 0 atom stereocenters. The van der Waals surface area contributed by atoms with Crippen LogP contribution in [-0.2, 0) is 6.42 Å². The zero-order valence-corrected chi connectivity index (χ0v) is 10.1. The van der Waals surface area contributed by atoms with Crippen molar-refractivity contribution in [1.29, 1.82) is 0 Å². The van der Waals surface area contributed by atoms with Crippen LogP contribution in [0.3, 0.4) is 0 Å². The van der Waals surface area contributed by atoms with Gasteiger partial charge in [0.25, 0.3) is 0 Å². The van der Waals surface area contributed by atoms with Crippen molar-refractivity contribution < 1.29 is 4.79 Å². The highest BCUT2D eigenvalue weighted by Gasteiger charge is 2.11. The van der Waals surface area contributed by atoms with Crippen LogP contribution in [0, 0.1) is 0 Å². The van der Waals surface area contributed by atoms with Gasteiger partial charge < -0.3 is 0 Å². The highest BCUT2D eigenvalue weighted by Crippen LogP contribution is 2.15. The number of rotatable bonds is 3. The van der Waals surface area contributed by atoms with Crippen LogP contribution in [0.15, 0.2) is 53.1 Å². The van der Waals surface area contributed by atoms with E-state index >= 15 is 0 Å². The average molecular weight is 276 g/mol. The van der Waals surface area contributed by atoms with E-state index in [2.05, 4.69) is 20.9 Å². The van der Waals surface area contributed by atoms with Gasteiger partial charge in [0.05, 0.1) is 0 Å². The molecule has 2 aromatic rings. The summed E-state index contributed by atoms with van der Waals surface area (Å²) in [6.07, 6.45) is 2.01. The molecule has 0 spiro atoms. The number of ketones is 1. The molecular formula is C13H10BrNO. The maximum atomic E-state index is 11.9. The number of Topliss-reactive ketones (excluding diaryl/α,β-unsaturated/α-hetero) is 1. The lowest BCUT2D eigenvalue weighted by molar-refractivity contribution is 0.0987. The zero-order valence-electron chi connectivity index (χ0n) is 8.56. The van der Waals surface area contributed by atoms with Crippen molar-refractivity contribution in [2.75, 3.05) is 0 Å². The molecule has 0 saturated carbocycles. The number of nitrogens with zero attached hydrogens (tertiary/aromatic N) is 1. The summed E-state index contributed by atoms with van der Waals surface area (Å²) in [6.45, 7) is 0. The van der Waals surface area contributed by atoms with Crippen LogP contribution in [-0.4, -0.2) is 10.8 Å². The van der Waals surface area contributed by atoms with Crippen molar-refractivity contribution in [2.24, 2.45) is 0 Å². The lowest BCUT2D eigenvalue weighted by Gasteiger charge is -2.02. The third kappa shape index (κ3) is 2.55. The number of carbonyl (C=O) groups is 1. The molecule has 0 N–H and O–H groups in total. The summed E-state index contributed by atoms with van der Waals surface area (Å²) in [5.41, 5.74) is 1.50. The van der Waals surface area contributed by atoms with Crippen LogP contribution in [0.1, 0.15) is 16.1 Å². The van der Waals surface area contributed by atoms with Crippen LogP contribution in [0.4, 0.5) is 0 Å². The quantitative estimate of drug-likeness (QED) is 0.805. The molecule has 0 aliphatic carbocycles. The molecule has 0 radical (unpaired) electrons. The first-order valence-corrected chi connectivity index (χ1v) is 5.74. The molecule has 80 valence electrons. The smallest absolute Gasteiger partial charge is 0.186 e. The van der Waals surface area contributed by atoms with E-state index in [1.807, 2.05) is 36.4 Å². The highest BCUT2D eigenvalue weighted by molar-refractivity contribution is 9.10. The van der Waals surface area contributed by atoms with E-state index in [1.165, 1.54) is 0 Å². The van der Waals surface area contributed by atoms with Crippen molar-refractivity contribution in [3.8, 4) is 0 Å². The third-order valence-electron chi connectivity index (χ3n) is 2.23. The number of hydrogen-bond acceptors (Lipinski definition) is 2. The Hall–Kier alpha value is -1.48. The van der Waals surface area contributed by atoms with E-state index < -0.39 is 0 Å². The van der Waals surface area contributed by atoms with Gasteiger partial charge in [-0.2, -0.15) is 0 Å². The van der Waals surface area contributed by atoms with Gasteiger partial charge in [-0.25, -0.2) is 0 Å². The molecule has 2 rings (SSSR count). The largest absolute Gasteiger partial charge is 0.292 e. The molecule has 0 unspecified atom stereocenters. The second kappa shape index (κ2) is 5.03. The predicted molar refractivity (Wildman–Crippen MR) is 66.4 cm³/mol. The molecule has 16 heavy (non-hydrogen) atoms. The number of halogens is 1. The summed E-state index contributed by atoms with van der Waals surface area (Å²) in [4.78, 5) is 16.0. The van der Waals surface area contributed by atoms with Crippen molar-refractivity contribution in [3.05, 3.63) is 64.4 Å². The molecule has 0 amide bonds. The van der Waals surface area contributed by atoms with Crippen molar-refractivity contribution in [2.45, 2.75) is 6.42 Å². The number of hydrogen-bond donors (Lipinski definition) is 0. The van der Waals surface area contributed by atoms with Crippen LogP contribution in [0.5, 0.6) is 0 Å². The Morgan fingerprint density at radius 2 is 1.88 bits per heavy atom. The summed E-state index contributed by atoms with van der Waals surface area (Å²) in [6, 6.07) is 13.3. The third-order valence-corrected chi connectivity index (χ3v) is 2.87. The topological polar surface area (TPSA) is 30.0 Å². The van der Waals surface area contributed by atoms with E-state index in [0.29, 0.717) is 12.1 Å². The molecule has 0 fully saturated rings. The fraction of sp³-hybridized carbons (Fsp3) is 0.0769. The van der Waals surface area contributed by atoms with Gasteiger partial charge in [0.1, 0.15) is 5.69 Å². The number of carbonyl (C=O) groups excluding carboxylic acids is 1. The lowest BCUT2D eigenvalue weighted by Crippen LogP contribution is -2.06. The first-order chi connectivity index (χ1) is 7.77.